The van der Waals surface area contributed by atoms with E-state index in [0.717, 1.165) is 45.1 Å². The van der Waals surface area contributed by atoms with E-state index >= 15 is 4.39 Å². The zero-order chi connectivity index (χ0) is 22.4. The molecule has 1 aliphatic heterocycles. The fraction of sp³-hybridized carbons (Fsp3) is 0.583. The number of benzene rings is 1. The predicted molar refractivity (Wildman–Crippen MR) is 118 cm³/mol. The highest BCUT2D eigenvalue weighted by Gasteiger charge is 2.55. The Labute approximate surface area is 184 Å². The van der Waals surface area contributed by atoms with Crippen LogP contribution in [0.25, 0.3) is 10.9 Å². The van der Waals surface area contributed by atoms with Crippen LogP contribution in [-0.2, 0) is 0 Å². The maximum absolute atomic E-state index is 15.6. The number of pyridine rings is 1. The average Bonchev–Trinajstić information content (AvgIpc) is 3.50. The summed E-state index contributed by atoms with van der Waals surface area (Å²) in [6.07, 6.45) is 7.51. The van der Waals surface area contributed by atoms with Crippen molar-refractivity contribution in [1.82, 2.24) is 4.57 Å². The smallest absolute Gasteiger partial charge is 0.341 e. The van der Waals surface area contributed by atoms with Crippen molar-refractivity contribution in [3.8, 4) is 5.75 Å². The summed E-state index contributed by atoms with van der Waals surface area (Å²) in [4.78, 5) is 26.6. The Morgan fingerprint density at radius 2 is 1.97 bits per heavy atom. The molecule has 0 spiro atoms. The highest BCUT2D eigenvalue weighted by molar-refractivity contribution is 5.97. The zero-order valence-corrected chi connectivity index (χ0v) is 18.1. The molecule has 2 atom stereocenters. The number of nitrogens with zero attached hydrogens (tertiary/aromatic N) is 2. The van der Waals surface area contributed by atoms with Crippen molar-refractivity contribution in [1.29, 1.82) is 0 Å². The van der Waals surface area contributed by atoms with Gasteiger partial charge in [0.2, 0.25) is 5.43 Å². The Morgan fingerprint density at radius 1 is 1.25 bits per heavy atom. The topological polar surface area (TPSA) is 97.8 Å². The van der Waals surface area contributed by atoms with Crippen LogP contribution in [0.15, 0.2) is 17.1 Å². The van der Waals surface area contributed by atoms with Gasteiger partial charge >= 0.3 is 5.97 Å². The predicted octanol–water partition coefficient (Wildman–Crippen LogP) is 3.14. The number of fused-ring (bicyclic) bond motifs is 3. The van der Waals surface area contributed by atoms with Crippen molar-refractivity contribution in [3.63, 3.8) is 0 Å². The molecule has 7 rings (SSSR count). The van der Waals surface area contributed by atoms with Gasteiger partial charge in [0.15, 0.2) is 11.6 Å². The first kappa shape index (κ1) is 20.0. The highest BCUT2D eigenvalue weighted by atomic mass is 19.1. The van der Waals surface area contributed by atoms with Gasteiger partial charge in [-0.1, -0.05) is 0 Å². The SMILES string of the molecule is COc1c(N2CC3C4CCC(N)(CC4)C3C2)c(F)cc2c(=O)c(C(=O)O)cn(C3CC3)c12. The molecule has 5 fully saturated rings. The van der Waals surface area contributed by atoms with Gasteiger partial charge < -0.3 is 25.0 Å². The van der Waals surface area contributed by atoms with Gasteiger partial charge in [-0.3, -0.25) is 4.79 Å². The first-order valence-electron chi connectivity index (χ1n) is 11.5. The summed E-state index contributed by atoms with van der Waals surface area (Å²) in [5, 5.41) is 9.57. The van der Waals surface area contributed by atoms with E-state index in [1.165, 1.54) is 19.4 Å². The molecule has 2 heterocycles. The summed E-state index contributed by atoms with van der Waals surface area (Å²) in [5.41, 5.74) is 6.46. The van der Waals surface area contributed by atoms with Crippen molar-refractivity contribution in [2.24, 2.45) is 23.5 Å². The van der Waals surface area contributed by atoms with Gasteiger partial charge in [-0.05, 0) is 62.3 Å². The van der Waals surface area contributed by atoms with E-state index in [1.807, 2.05) is 0 Å². The third-order valence-electron chi connectivity index (χ3n) is 8.56. The number of methoxy groups -OCH3 is 1. The van der Waals surface area contributed by atoms with E-state index in [0.29, 0.717) is 41.3 Å². The minimum Gasteiger partial charge on any atom is -0.492 e. The number of rotatable bonds is 4. The number of halogens is 1. The van der Waals surface area contributed by atoms with Gasteiger partial charge in [0, 0.05) is 30.9 Å². The number of aromatic carboxylic acids is 1. The van der Waals surface area contributed by atoms with Gasteiger partial charge in [-0.15, -0.1) is 0 Å². The molecule has 0 radical (unpaired) electrons. The fourth-order valence-electron chi connectivity index (χ4n) is 6.80. The Bertz CT molecular complexity index is 1200. The van der Waals surface area contributed by atoms with E-state index in [2.05, 4.69) is 4.90 Å². The quantitative estimate of drug-likeness (QED) is 0.757. The van der Waals surface area contributed by atoms with Crippen LogP contribution < -0.4 is 20.8 Å². The third kappa shape index (κ3) is 2.68. The van der Waals surface area contributed by atoms with E-state index in [4.69, 9.17) is 10.5 Å². The molecule has 4 saturated carbocycles. The summed E-state index contributed by atoms with van der Waals surface area (Å²) in [6.45, 7) is 1.41. The molecular formula is C24H28FN3O4. The number of nitrogens with two attached hydrogens (primary N) is 1. The molecule has 32 heavy (non-hydrogen) atoms. The second-order valence-corrected chi connectivity index (χ2v) is 10.2. The molecule has 4 aliphatic carbocycles. The lowest BCUT2D eigenvalue weighted by Crippen LogP contribution is -2.58. The molecule has 0 amide bonds. The third-order valence-corrected chi connectivity index (χ3v) is 8.56. The molecule has 7 nitrogen and oxygen atoms in total. The second kappa shape index (κ2) is 6.70. The molecule has 2 aromatic rings. The van der Waals surface area contributed by atoms with Crippen molar-refractivity contribution >= 4 is 22.6 Å². The summed E-state index contributed by atoms with van der Waals surface area (Å²) in [5.74, 6) is -0.127. The summed E-state index contributed by atoms with van der Waals surface area (Å²) < 4.78 is 23.2. The number of carboxylic acids is 1. The van der Waals surface area contributed by atoms with Crippen molar-refractivity contribution in [2.75, 3.05) is 25.1 Å². The lowest BCUT2D eigenvalue weighted by Gasteiger charge is -2.52. The maximum Gasteiger partial charge on any atom is 0.341 e. The van der Waals surface area contributed by atoms with Crippen LogP contribution in [0, 0.1) is 23.6 Å². The highest BCUT2D eigenvalue weighted by Crippen LogP contribution is 2.55. The minimum atomic E-state index is -1.30. The van der Waals surface area contributed by atoms with Crippen molar-refractivity contribution in [3.05, 3.63) is 33.9 Å². The Morgan fingerprint density at radius 3 is 2.56 bits per heavy atom. The van der Waals surface area contributed by atoms with Crippen LogP contribution in [-0.4, -0.2) is 41.4 Å². The number of ether oxygens (including phenoxy) is 1. The molecule has 2 unspecified atom stereocenters. The fourth-order valence-corrected chi connectivity index (χ4v) is 6.80. The van der Waals surface area contributed by atoms with Gasteiger partial charge in [0.25, 0.3) is 0 Å². The summed E-state index contributed by atoms with van der Waals surface area (Å²) >= 11 is 0. The monoisotopic (exact) mass is 441 g/mol. The van der Waals surface area contributed by atoms with E-state index in [-0.39, 0.29) is 22.5 Å². The molecule has 1 saturated heterocycles. The van der Waals surface area contributed by atoms with Gasteiger partial charge in [-0.2, -0.15) is 0 Å². The molecule has 2 bridgehead atoms. The normalized spacial score (nSPS) is 31.2. The number of hydrogen-bond acceptors (Lipinski definition) is 5. The number of carbonyl (C=O) groups is 1. The van der Waals surface area contributed by atoms with Crippen LogP contribution in [0.2, 0.25) is 0 Å². The van der Waals surface area contributed by atoms with Gasteiger partial charge in [0.1, 0.15) is 11.3 Å². The average molecular weight is 442 g/mol. The molecule has 1 aromatic heterocycles. The Kier molecular flexibility index (Phi) is 4.19. The number of anilines is 1. The van der Waals surface area contributed by atoms with Crippen LogP contribution in [0.5, 0.6) is 5.75 Å². The lowest BCUT2D eigenvalue weighted by molar-refractivity contribution is 0.0318. The first-order valence-corrected chi connectivity index (χ1v) is 11.5. The van der Waals surface area contributed by atoms with E-state index in [1.54, 1.807) is 4.57 Å². The van der Waals surface area contributed by atoms with E-state index < -0.39 is 17.2 Å². The summed E-state index contributed by atoms with van der Waals surface area (Å²) in [7, 11) is 1.49. The lowest BCUT2D eigenvalue weighted by atomic mass is 9.56. The van der Waals surface area contributed by atoms with Crippen LogP contribution in [0.4, 0.5) is 10.1 Å². The maximum atomic E-state index is 15.6. The molecule has 5 aliphatic rings. The van der Waals surface area contributed by atoms with Crippen LogP contribution in [0.1, 0.15) is 54.9 Å². The van der Waals surface area contributed by atoms with Crippen LogP contribution in [0.3, 0.4) is 0 Å². The van der Waals surface area contributed by atoms with Crippen molar-refractivity contribution in [2.45, 2.75) is 50.1 Å². The van der Waals surface area contributed by atoms with Crippen molar-refractivity contribution < 1.29 is 19.0 Å². The second-order valence-electron chi connectivity index (χ2n) is 10.2. The van der Waals surface area contributed by atoms with E-state index in [9.17, 15) is 14.7 Å². The first-order chi connectivity index (χ1) is 15.3. The molecule has 170 valence electrons. The van der Waals surface area contributed by atoms with Crippen LogP contribution >= 0.6 is 0 Å². The molecule has 3 N–H and O–H groups in total. The number of hydrogen-bond donors (Lipinski definition) is 2. The van der Waals surface area contributed by atoms with Gasteiger partial charge in [0.05, 0.1) is 18.0 Å². The molecule has 8 heteroatoms. The standard InChI is InChI=1S/C24H28FN3O4/c1-32-22-19-14(21(29)16(23(30)31)10-28(19)13-2-3-13)8-18(25)20(22)27-9-15-12-4-6-24(26,7-5-12)17(15)11-27/h8,10,12-13,15,17H,2-7,9,11,26H2,1H3,(H,30,31). The Balaban J connectivity index is 1.54. The minimum absolute atomic E-state index is 0.0573. The Hall–Kier alpha value is -2.61. The number of carboxylic acid groups (broad SMARTS) is 1. The summed E-state index contributed by atoms with van der Waals surface area (Å²) in [6, 6.07) is 1.29. The molecular weight excluding hydrogens is 413 g/mol. The zero-order valence-electron chi connectivity index (χ0n) is 18.1. The van der Waals surface area contributed by atoms with Gasteiger partial charge in [-0.25, -0.2) is 9.18 Å². The molecule has 1 aromatic carbocycles. The number of aromatic nitrogens is 1. The largest absolute Gasteiger partial charge is 0.492 e.